The topological polar surface area (TPSA) is 51.3 Å². The third-order valence-corrected chi connectivity index (χ3v) is 12.8. The van der Waals surface area contributed by atoms with Crippen LogP contribution < -0.4 is 14.7 Å². The van der Waals surface area contributed by atoms with Crippen LogP contribution in [-0.4, -0.2) is 15.2 Å². The minimum atomic E-state index is -4.60. The van der Waals surface area contributed by atoms with Gasteiger partial charge in [0, 0.05) is 57.4 Å². The second-order valence-electron chi connectivity index (χ2n) is 22.3. The average molecular weight is 939 g/mol. The number of nitrogens with one attached hydrogen (secondary N) is 1. The number of hydrogen-bond donors (Lipinski definition) is 1. The number of alkyl halides is 3. The molecule has 0 aliphatic carbocycles. The molecule has 9 heteroatoms. The van der Waals surface area contributed by atoms with E-state index in [-0.39, 0.29) is 27.4 Å². The van der Waals surface area contributed by atoms with Crippen molar-refractivity contribution in [1.29, 1.82) is 0 Å². The van der Waals surface area contributed by atoms with E-state index >= 15 is 0 Å². The Hall–Kier alpha value is -7.13. The lowest BCUT2D eigenvalue weighted by Gasteiger charge is -2.30. The van der Waals surface area contributed by atoms with E-state index in [1.165, 1.54) is 22.3 Å². The van der Waals surface area contributed by atoms with Gasteiger partial charge in [-0.15, -0.1) is 0 Å². The van der Waals surface area contributed by atoms with Gasteiger partial charge in [-0.3, -0.25) is 10.1 Å². The van der Waals surface area contributed by atoms with Crippen LogP contribution in [0.15, 0.2) is 170 Å². The van der Waals surface area contributed by atoms with E-state index in [9.17, 15) is 13.2 Å². The standard InChI is InChI=1S/C61H65F3N6/c1-57(2,3)41-13-21-45(22-14-41)68(46-23-15-42(16-24-46)58(4,5)6)49-29-33-51(34-30-49)70(53-37-38-65-54(39-53)55-40-56(67-66-55)61(62,63)64)52-35-31-50(32-36-52)69(47-25-17-43(18-26-47)59(7,8)9)48-27-19-44(20-28-48)60(10,11)12/h13-40H,1-12H3,(H,66,67). The summed E-state index contributed by atoms with van der Waals surface area (Å²) in [6.07, 6.45) is -2.99. The zero-order valence-corrected chi connectivity index (χ0v) is 42.5. The summed E-state index contributed by atoms with van der Waals surface area (Å²) in [5.74, 6) is 0. The largest absolute Gasteiger partial charge is 0.435 e. The summed E-state index contributed by atoms with van der Waals surface area (Å²) < 4.78 is 41.2. The molecule has 8 rings (SSSR count). The van der Waals surface area contributed by atoms with Gasteiger partial charge >= 0.3 is 6.18 Å². The minimum Gasteiger partial charge on any atom is -0.311 e. The predicted molar refractivity (Wildman–Crippen MR) is 286 cm³/mol. The molecule has 2 aromatic heterocycles. The van der Waals surface area contributed by atoms with E-state index in [4.69, 9.17) is 0 Å². The van der Waals surface area contributed by atoms with Crippen molar-refractivity contribution in [3.8, 4) is 11.4 Å². The number of halogens is 3. The van der Waals surface area contributed by atoms with E-state index in [0.29, 0.717) is 11.4 Å². The quantitative estimate of drug-likeness (QED) is 0.148. The second kappa shape index (κ2) is 18.6. The molecule has 6 aromatic carbocycles. The van der Waals surface area contributed by atoms with Gasteiger partial charge in [0.05, 0.1) is 11.4 Å². The molecule has 0 radical (unpaired) electrons. The monoisotopic (exact) mass is 939 g/mol. The van der Waals surface area contributed by atoms with Gasteiger partial charge in [0.1, 0.15) is 0 Å². The number of H-pyrrole nitrogens is 1. The van der Waals surface area contributed by atoms with Crippen LogP contribution >= 0.6 is 0 Å². The molecule has 0 saturated heterocycles. The third-order valence-electron chi connectivity index (χ3n) is 12.8. The van der Waals surface area contributed by atoms with Crippen LogP contribution in [0, 0.1) is 0 Å². The fraction of sp³-hybridized carbons (Fsp3) is 0.279. The first-order chi connectivity index (χ1) is 32.8. The van der Waals surface area contributed by atoms with Crippen molar-refractivity contribution in [2.24, 2.45) is 0 Å². The molecule has 2 heterocycles. The Morgan fingerprint density at radius 3 is 0.843 bits per heavy atom. The molecule has 1 N–H and O–H groups in total. The maximum absolute atomic E-state index is 13.7. The summed E-state index contributed by atoms with van der Waals surface area (Å²) >= 11 is 0. The number of pyridine rings is 1. The van der Waals surface area contributed by atoms with Gasteiger partial charge in [0.2, 0.25) is 0 Å². The summed E-state index contributed by atoms with van der Waals surface area (Å²) in [4.78, 5) is 11.1. The molecule has 0 aliphatic rings. The average Bonchev–Trinajstić information content (AvgIpc) is 3.82. The van der Waals surface area contributed by atoms with E-state index in [1.807, 2.05) is 6.07 Å². The van der Waals surface area contributed by atoms with Crippen LogP contribution in [0.2, 0.25) is 0 Å². The van der Waals surface area contributed by atoms with Crippen LogP contribution in [0.1, 0.15) is 111 Å². The van der Waals surface area contributed by atoms with Gasteiger partial charge in [-0.1, -0.05) is 132 Å². The Labute approximate surface area is 412 Å². The molecule has 0 unspecified atom stereocenters. The number of rotatable bonds is 10. The molecule has 70 heavy (non-hydrogen) atoms. The number of anilines is 9. The van der Waals surface area contributed by atoms with Gasteiger partial charge in [-0.2, -0.15) is 18.3 Å². The fourth-order valence-electron chi connectivity index (χ4n) is 8.59. The SMILES string of the molecule is CC(C)(C)c1ccc(N(c2ccc(N(c3ccc(N(c4ccc(C(C)(C)C)cc4)c4ccc(C(C)(C)C)cc4)cc3)c3ccnc(-c4cc(C(F)(F)F)n[nH]4)c3)cc2)c2ccc(C(C)(C)C)cc2)cc1. The molecule has 360 valence electrons. The molecule has 8 aromatic rings. The number of hydrogen-bond acceptors (Lipinski definition) is 5. The molecule has 0 atom stereocenters. The summed E-state index contributed by atoms with van der Waals surface area (Å²) in [5.41, 5.74) is 12.9. The Balaban J connectivity index is 1.23. The van der Waals surface area contributed by atoms with Crippen molar-refractivity contribution in [1.82, 2.24) is 15.2 Å². The first-order valence-electron chi connectivity index (χ1n) is 24.0. The molecule has 0 bridgehead atoms. The lowest BCUT2D eigenvalue weighted by molar-refractivity contribution is -0.141. The van der Waals surface area contributed by atoms with Gasteiger partial charge in [-0.05, 0) is 159 Å². The Bertz CT molecular complexity index is 2740. The Morgan fingerprint density at radius 2 is 0.600 bits per heavy atom. The van der Waals surface area contributed by atoms with Gasteiger partial charge in [0.25, 0.3) is 0 Å². The zero-order chi connectivity index (χ0) is 50.4. The first kappa shape index (κ1) is 49.3. The van der Waals surface area contributed by atoms with Crippen molar-refractivity contribution in [3.63, 3.8) is 0 Å². The van der Waals surface area contributed by atoms with Gasteiger partial charge in [0.15, 0.2) is 5.69 Å². The first-order valence-corrected chi connectivity index (χ1v) is 24.0. The van der Waals surface area contributed by atoms with E-state index in [1.54, 1.807) is 12.3 Å². The predicted octanol–water partition coefficient (Wildman–Crippen LogP) is 18.1. The summed E-state index contributed by atoms with van der Waals surface area (Å²) in [7, 11) is 0. The van der Waals surface area contributed by atoms with E-state index in [0.717, 1.165) is 51.6 Å². The number of aromatic nitrogens is 3. The maximum atomic E-state index is 13.7. The lowest BCUT2D eigenvalue weighted by atomic mass is 9.86. The number of benzene rings is 6. The normalized spacial score (nSPS) is 12.5. The second-order valence-corrected chi connectivity index (χ2v) is 22.3. The molecule has 0 fully saturated rings. The highest BCUT2D eigenvalue weighted by atomic mass is 19.4. The van der Waals surface area contributed by atoms with Crippen molar-refractivity contribution < 1.29 is 13.2 Å². The minimum absolute atomic E-state index is 0.000452. The van der Waals surface area contributed by atoms with E-state index < -0.39 is 11.9 Å². The van der Waals surface area contributed by atoms with Crippen LogP contribution in [0.3, 0.4) is 0 Å². The number of aromatic amines is 1. The van der Waals surface area contributed by atoms with Crippen molar-refractivity contribution in [2.75, 3.05) is 14.7 Å². The fourth-order valence-corrected chi connectivity index (χ4v) is 8.59. The highest BCUT2D eigenvalue weighted by Gasteiger charge is 2.34. The summed E-state index contributed by atoms with van der Waals surface area (Å²) in [5, 5.41) is 6.12. The highest BCUT2D eigenvalue weighted by Crippen LogP contribution is 2.43. The maximum Gasteiger partial charge on any atom is 0.435 e. The van der Waals surface area contributed by atoms with Crippen LogP contribution in [0.25, 0.3) is 11.4 Å². The summed E-state index contributed by atoms with van der Waals surface area (Å²) in [6.45, 7) is 26.6. The highest BCUT2D eigenvalue weighted by molar-refractivity contribution is 5.84. The van der Waals surface area contributed by atoms with Gasteiger partial charge in [-0.25, -0.2) is 0 Å². The smallest absolute Gasteiger partial charge is 0.311 e. The van der Waals surface area contributed by atoms with E-state index in [2.05, 4.69) is 259 Å². The summed E-state index contributed by atoms with van der Waals surface area (Å²) in [6, 6.07) is 56.5. The molecule has 0 saturated carbocycles. The number of nitrogens with zero attached hydrogens (tertiary/aromatic N) is 5. The van der Waals surface area contributed by atoms with Crippen LogP contribution in [0.5, 0.6) is 0 Å². The third kappa shape index (κ3) is 10.8. The molecule has 6 nitrogen and oxygen atoms in total. The molecule has 0 aliphatic heterocycles. The van der Waals surface area contributed by atoms with Crippen LogP contribution in [0.4, 0.5) is 64.4 Å². The lowest BCUT2D eigenvalue weighted by Crippen LogP contribution is -2.15. The van der Waals surface area contributed by atoms with Crippen LogP contribution in [-0.2, 0) is 27.8 Å². The van der Waals surface area contributed by atoms with Crippen molar-refractivity contribution in [2.45, 2.75) is 111 Å². The molecule has 0 spiro atoms. The Morgan fingerprint density at radius 1 is 0.343 bits per heavy atom. The Kier molecular flexibility index (Phi) is 13.1. The molecular weight excluding hydrogens is 874 g/mol. The van der Waals surface area contributed by atoms with Crippen molar-refractivity contribution >= 4 is 51.2 Å². The van der Waals surface area contributed by atoms with Gasteiger partial charge < -0.3 is 14.7 Å². The zero-order valence-electron chi connectivity index (χ0n) is 42.5. The molecular formula is C61H65F3N6. The van der Waals surface area contributed by atoms with Crippen molar-refractivity contribution in [3.05, 3.63) is 198 Å². The molecule has 0 amide bonds.